The Labute approximate surface area is 229 Å². The third-order valence-electron chi connectivity index (χ3n) is 6.87. The molecule has 38 heavy (non-hydrogen) atoms. The highest BCUT2D eigenvalue weighted by Crippen LogP contribution is 2.37. The fourth-order valence-electron chi connectivity index (χ4n) is 4.80. The summed E-state index contributed by atoms with van der Waals surface area (Å²) in [5, 5.41) is 6.64. The van der Waals surface area contributed by atoms with Crippen LogP contribution in [-0.2, 0) is 5.41 Å². The van der Waals surface area contributed by atoms with E-state index in [2.05, 4.69) is 27.2 Å². The first-order chi connectivity index (χ1) is 18.0. The minimum Gasteiger partial charge on any atom is -0.406 e. The summed E-state index contributed by atoms with van der Waals surface area (Å²) >= 11 is 12.1. The maximum Gasteiger partial charge on any atom is 0.573 e. The van der Waals surface area contributed by atoms with Crippen LogP contribution in [0.3, 0.4) is 0 Å². The van der Waals surface area contributed by atoms with Crippen molar-refractivity contribution in [1.29, 1.82) is 0 Å². The quantitative estimate of drug-likeness (QED) is 0.308. The van der Waals surface area contributed by atoms with Gasteiger partial charge in [-0.2, -0.15) is 0 Å². The van der Waals surface area contributed by atoms with Crippen LogP contribution in [0.1, 0.15) is 25.3 Å². The maximum absolute atomic E-state index is 12.7. The van der Waals surface area contributed by atoms with E-state index in [4.69, 9.17) is 23.2 Å². The van der Waals surface area contributed by atoms with Gasteiger partial charge in [0.25, 0.3) is 0 Å². The molecule has 1 heterocycles. The number of anilines is 1. The average Bonchev–Trinajstić information content (AvgIpc) is 2.86. The minimum atomic E-state index is -4.75. The van der Waals surface area contributed by atoms with Crippen LogP contribution in [-0.4, -0.2) is 43.5 Å². The Hall–Kier alpha value is -2.94. The molecule has 1 aliphatic heterocycles. The Kier molecular flexibility index (Phi) is 8.75. The number of piperidine rings is 1. The van der Waals surface area contributed by atoms with Gasteiger partial charge in [-0.3, -0.25) is 0 Å². The number of nitrogens with one attached hydrogen (secondary N) is 2. The zero-order chi connectivity index (χ0) is 27.3. The molecule has 2 N–H and O–H groups in total. The van der Waals surface area contributed by atoms with E-state index in [1.807, 2.05) is 24.3 Å². The number of nitrogens with zero attached hydrogens (tertiary/aromatic N) is 1. The summed E-state index contributed by atoms with van der Waals surface area (Å²) in [5.74, 6) is -0.265. The topological polar surface area (TPSA) is 53.6 Å². The van der Waals surface area contributed by atoms with Crippen molar-refractivity contribution in [2.24, 2.45) is 0 Å². The Morgan fingerprint density at radius 2 is 1.63 bits per heavy atom. The second kappa shape index (κ2) is 11.8. The van der Waals surface area contributed by atoms with Crippen molar-refractivity contribution in [3.05, 3.63) is 82.3 Å². The lowest BCUT2D eigenvalue weighted by molar-refractivity contribution is -0.274. The van der Waals surface area contributed by atoms with E-state index < -0.39 is 6.36 Å². The minimum absolute atomic E-state index is 0.265. The zero-order valence-corrected chi connectivity index (χ0v) is 22.3. The van der Waals surface area contributed by atoms with Crippen molar-refractivity contribution >= 4 is 34.9 Å². The van der Waals surface area contributed by atoms with Crippen molar-refractivity contribution < 1.29 is 22.7 Å². The standard InChI is InChI=1S/C28H28Cl2F3N3O2/c1-2-36-12-10-27(11-13-36,18-34-26(37)35-24-16-22(29)15-23(30)17-24)21-8-6-19(7-9-21)20-4-3-5-25(14-20)38-28(31,32)33/h3-9,14-17H,2,10-13,18H2,1H3,(H2,34,35,37). The second-order valence-corrected chi connectivity index (χ2v) is 10.2. The average molecular weight is 566 g/mol. The van der Waals surface area contributed by atoms with Crippen molar-refractivity contribution in [2.45, 2.75) is 31.5 Å². The molecule has 0 bridgehead atoms. The lowest BCUT2D eigenvalue weighted by Crippen LogP contribution is -2.49. The lowest BCUT2D eigenvalue weighted by atomic mass is 9.72. The summed E-state index contributed by atoms with van der Waals surface area (Å²) in [6.07, 6.45) is -3.06. The van der Waals surface area contributed by atoms with Crippen LogP contribution in [0.5, 0.6) is 5.75 Å². The Morgan fingerprint density at radius 1 is 0.974 bits per heavy atom. The van der Waals surface area contributed by atoms with Gasteiger partial charge in [0.1, 0.15) is 5.75 Å². The van der Waals surface area contributed by atoms with Gasteiger partial charge in [0, 0.05) is 27.7 Å². The van der Waals surface area contributed by atoms with Crippen molar-refractivity contribution in [1.82, 2.24) is 10.2 Å². The summed E-state index contributed by atoms with van der Waals surface area (Å²) in [7, 11) is 0. The Bertz CT molecular complexity index is 1240. The van der Waals surface area contributed by atoms with Crippen molar-refractivity contribution in [2.75, 3.05) is 31.5 Å². The van der Waals surface area contributed by atoms with Gasteiger partial charge in [0.2, 0.25) is 0 Å². The van der Waals surface area contributed by atoms with E-state index in [1.54, 1.807) is 24.3 Å². The highest BCUT2D eigenvalue weighted by Gasteiger charge is 2.36. The molecule has 1 fully saturated rings. The molecule has 0 saturated carbocycles. The number of carbonyl (C=O) groups excluding carboxylic acids is 1. The maximum atomic E-state index is 12.7. The number of hydrogen-bond donors (Lipinski definition) is 2. The van der Waals surface area contributed by atoms with Gasteiger partial charge >= 0.3 is 12.4 Å². The van der Waals surface area contributed by atoms with Gasteiger partial charge in [-0.1, -0.05) is 66.5 Å². The summed E-state index contributed by atoms with van der Waals surface area (Å²) in [6.45, 7) is 5.28. The van der Waals surface area contributed by atoms with Crippen molar-refractivity contribution in [3.63, 3.8) is 0 Å². The SMILES string of the molecule is CCN1CCC(CNC(=O)Nc2cc(Cl)cc(Cl)c2)(c2ccc(-c3cccc(OC(F)(F)F)c3)cc2)CC1. The number of alkyl halides is 3. The van der Waals surface area contributed by atoms with Crippen molar-refractivity contribution in [3.8, 4) is 16.9 Å². The number of urea groups is 1. The number of ether oxygens (including phenoxy) is 1. The number of rotatable bonds is 7. The zero-order valence-electron chi connectivity index (χ0n) is 20.7. The number of halogens is 5. The normalized spacial score (nSPS) is 15.6. The van der Waals surface area contributed by atoms with E-state index in [0.717, 1.165) is 43.6 Å². The number of hydrogen-bond acceptors (Lipinski definition) is 3. The molecule has 4 rings (SSSR count). The van der Waals surface area contributed by atoms with Crippen LogP contribution in [0.4, 0.5) is 23.7 Å². The lowest BCUT2D eigenvalue weighted by Gasteiger charge is -2.42. The van der Waals surface area contributed by atoms with Crippen LogP contribution in [0, 0.1) is 0 Å². The van der Waals surface area contributed by atoms with E-state index >= 15 is 0 Å². The van der Waals surface area contributed by atoms with Crippen LogP contribution in [0.25, 0.3) is 11.1 Å². The first kappa shape index (κ1) is 28.1. The predicted octanol–water partition coefficient (Wildman–Crippen LogP) is 7.73. The Balaban J connectivity index is 1.51. The first-order valence-electron chi connectivity index (χ1n) is 12.3. The molecule has 0 spiro atoms. The fraction of sp³-hybridized carbons (Fsp3) is 0.321. The summed E-state index contributed by atoms with van der Waals surface area (Å²) in [6, 6.07) is 18.1. The van der Waals surface area contributed by atoms with Gasteiger partial charge < -0.3 is 20.3 Å². The molecule has 0 unspecified atom stereocenters. The van der Waals surface area contributed by atoms with Crippen LogP contribution in [0.2, 0.25) is 10.0 Å². The number of carbonyl (C=O) groups is 1. The van der Waals surface area contributed by atoms with Gasteiger partial charge in [0.05, 0.1) is 0 Å². The molecule has 0 atom stereocenters. The van der Waals surface area contributed by atoms with Gasteiger partial charge in [0.15, 0.2) is 0 Å². The van der Waals surface area contributed by atoms with Crippen LogP contribution < -0.4 is 15.4 Å². The number of benzene rings is 3. The molecule has 5 nitrogen and oxygen atoms in total. The van der Waals surface area contributed by atoms with E-state index in [1.165, 1.54) is 18.2 Å². The van der Waals surface area contributed by atoms with Crippen LogP contribution in [0.15, 0.2) is 66.7 Å². The first-order valence-corrected chi connectivity index (χ1v) is 13.0. The Morgan fingerprint density at radius 3 is 2.24 bits per heavy atom. The smallest absolute Gasteiger partial charge is 0.406 e. The van der Waals surface area contributed by atoms with E-state index in [9.17, 15) is 18.0 Å². The molecule has 1 aliphatic rings. The fourth-order valence-corrected chi connectivity index (χ4v) is 5.33. The van der Waals surface area contributed by atoms with E-state index in [0.29, 0.717) is 27.8 Å². The third kappa shape index (κ3) is 7.34. The van der Waals surface area contributed by atoms with Gasteiger partial charge in [-0.05, 0) is 79.5 Å². The number of likely N-dealkylation sites (tertiary alicyclic amines) is 1. The largest absolute Gasteiger partial charge is 0.573 e. The summed E-state index contributed by atoms with van der Waals surface area (Å²) in [5.41, 5.74) is 2.65. The molecule has 0 radical (unpaired) electrons. The third-order valence-corrected chi connectivity index (χ3v) is 7.30. The van der Waals surface area contributed by atoms with E-state index in [-0.39, 0.29) is 17.2 Å². The van der Waals surface area contributed by atoms with Crippen LogP contribution >= 0.6 is 23.2 Å². The second-order valence-electron chi connectivity index (χ2n) is 9.33. The monoisotopic (exact) mass is 565 g/mol. The predicted molar refractivity (Wildman–Crippen MR) is 145 cm³/mol. The summed E-state index contributed by atoms with van der Waals surface area (Å²) in [4.78, 5) is 15.1. The molecule has 202 valence electrons. The molecule has 10 heteroatoms. The van der Waals surface area contributed by atoms with Gasteiger partial charge in [-0.15, -0.1) is 13.2 Å². The number of amides is 2. The molecule has 0 aromatic heterocycles. The molecular weight excluding hydrogens is 538 g/mol. The summed E-state index contributed by atoms with van der Waals surface area (Å²) < 4.78 is 42.0. The highest BCUT2D eigenvalue weighted by molar-refractivity contribution is 6.35. The van der Waals surface area contributed by atoms with Gasteiger partial charge in [-0.25, -0.2) is 4.79 Å². The molecule has 1 saturated heterocycles. The molecular formula is C28H28Cl2F3N3O2. The molecule has 0 aliphatic carbocycles. The molecule has 3 aromatic carbocycles. The highest BCUT2D eigenvalue weighted by atomic mass is 35.5. The molecule has 2 amide bonds. The molecule has 3 aromatic rings.